The summed E-state index contributed by atoms with van der Waals surface area (Å²) in [6, 6.07) is 20.8. The molecule has 40 heavy (non-hydrogen) atoms. The molecule has 0 aliphatic rings. The number of para-hydroxylation sites is 2. The quantitative estimate of drug-likeness (QED) is 0.0517. The standard InChI is InChI=1S/C31H27N5O4/c1-2-3-9-21-10-5-14-24(28(21)32)34-30(38)27(23-12-4-8-20(19-23)16-17-26(37)36-40)31(39)35-25-15-6-11-22-13-7-18-33-29(22)25/h2-19,27,40H,1,32H2,(H,34,38)(H,35,39)(H,36,37)/b9-3-,17-16+. The Labute approximate surface area is 230 Å². The summed E-state index contributed by atoms with van der Waals surface area (Å²) < 4.78 is 0. The van der Waals surface area contributed by atoms with E-state index in [1.165, 1.54) is 11.6 Å². The molecule has 0 saturated carbocycles. The van der Waals surface area contributed by atoms with Crippen LogP contribution in [-0.4, -0.2) is 27.9 Å². The van der Waals surface area contributed by atoms with Gasteiger partial charge in [0.05, 0.1) is 22.6 Å². The van der Waals surface area contributed by atoms with Gasteiger partial charge < -0.3 is 16.4 Å². The Hall–Kier alpha value is -5.54. The normalized spacial score (nSPS) is 11.8. The fraction of sp³-hybridized carbons (Fsp3) is 0.0323. The lowest BCUT2D eigenvalue weighted by Crippen LogP contribution is -2.32. The third kappa shape index (κ3) is 6.47. The average molecular weight is 534 g/mol. The van der Waals surface area contributed by atoms with Crippen molar-refractivity contribution in [3.8, 4) is 0 Å². The molecule has 9 heteroatoms. The molecular weight excluding hydrogens is 506 g/mol. The number of nitrogens with one attached hydrogen (secondary N) is 3. The van der Waals surface area contributed by atoms with E-state index in [-0.39, 0.29) is 0 Å². The number of fused-ring (bicyclic) bond motifs is 1. The van der Waals surface area contributed by atoms with Crippen LogP contribution in [0.5, 0.6) is 0 Å². The van der Waals surface area contributed by atoms with Gasteiger partial charge in [0.2, 0.25) is 11.8 Å². The molecule has 0 saturated heterocycles. The van der Waals surface area contributed by atoms with Crippen molar-refractivity contribution in [2.75, 3.05) is 16.4 Å². The third-order valence-electron chi connectivity index (χ3n) is 6.01. The number of allylic oxidation sites excluding steroid dienone is 2. The lowest BCUT2D eigenvalue weighted by molar-refractivity contribution is -0.126. The highest BCUT2D eigenvalue weighted by atomic mass is 16.5. The predicted octanol–water partition coefficient (Wildman–Crippen LogP) is 4.90. The van der Waals surface area contributed by atoms with Crippen molar-refractivity contribution in [2.45, 2.75) is 5.92 Å². The molecule has 6 N–H and O–H groups in total. The van der Waals surface area contributed by atoms with Crippen LogP contribution in [-0.2, 0) is 14.4 Å². The van der Waals surface area contributed by atoms with Gasteiger partial charge in [0.25, 0.3) is 5.91 Å². The van der Waals surface area contributed by atoms with Crippen LogP contribution in [0.2, 0.25) is 0 Å². The van der Waals surface area contributed by atoms with Crippen molar-refractivity contribution < 1.29 is 19.6 Å². The van der Waals surface area contributed by atoms with Crippen LogP contribution in [0.1, 0.15) is 22.6 Å². The predicted molar refractivity (Wildman–Crippen MR) is 157 cm³/mol. The molecule has 0 spiro atoms. The van der Waals surface area contributed by atoms with Gasteiger partial charge in [-0.15, -0.1) is 0 Å². The van der Waals surface area contributed by atoms with Crippen LogP contribution in [0.25, 0.3) is 23.1 Å². The number of nitrogens with two attached hydrogens (primary N) is 1. The first-order chi connectivity index (χ1) is 19.4. The first kappa shape index (κ1) is 27.5. The van der Waals surface area contributed by atoms with Crippen molar-refractivity contribution >= 4 is 57.8 Å². The molecule has 0 bridgehead atoms. The number of nitrogen functional groups attached to an aromatic ring is 1. The van der Waals surface area contributed by atoms with E-state index < -0.39 is 23.6 Å². The smallest absolute Gasteiger partial charge is 0.267 e. The highest BCUT2D eigenvalue weighted by molar-refractivity contribution is 6.17. The molecule has 0 aliphatic carbocycles. The molecule has 9 nitrogen and oxygen atoms in total. The Morgan fingerprint density at radius 2 is 1.60 bits per heavy atom. The molecule has 1 heterocycles. The molecule has 1 aromatic heterocycles. The summed E-state index contributed by atoms with van der Waals surface area (Å²) >= 11 is 0. The summed E-state index contributed by atoms with van der Waals surface area (Å²) in [4.78, 5) is 43.3. The number of aromatic nitrogens is 1. The highest BCUT2D eigenvalue weighted by Crippen LogP contribution is 2.28. The van der Waals surface area contributed by atoms with Gasteiger partial charge >= 0.3 is 0 Å². The molecule has 1 atom stereocenters. The van der Waals surface area contributed by atoms with Crippen molar-refractivity contribution in [3.05, 3.63) is 120 Å². The molecule has 0 fully saturated rings. The Morgan fingerprint density at radius 1 is 0.900 bits per heavy atom. The first-order valence-electron chi connectivity index (χ1n) is 12.3. The number of carbonyl (C=O) groups is 3. The Kier molecular flexibility index (Phi) is 8.81. The van der Waals surface area contributed by atoms with Gasteiger partial charge in [0.1, 0.15) is 5.92 Å². The van der Waals surface area contributed by atoms with E-state index in [0.717, 1.165) is 11.5 Å². The maximum Gasteiger partial charge on any atom is 0.267 e. The van der Waals surface area contributed by atoms with Crippen LogP contribution >= 0.6 is 0 Å². The average Bonchev–Trinajstić information content (AvgIpc) is 2.97. The van der Waals surface area contributed by atoms with Gasteiger partial charge in [-0.2, -0.15) is 0 Å². The summed E-state index contributed by atoms with van der Waals surface area (Å²) in [6.07, 6.45) is 9.29. The summed E-state index contributed by atoms with van der Waals surface area (Å²) in [5.74, 6) is -3.23. The molecule has 0 aliphatic heterocycles. The van der Waals surface area contributed by atoms with Gasteiger partial charge in [-0.25, -0.2) is 5.48 Å². The number of nitrogens with zero attached hydrogens (tertiary/aromatic N) is 1. The van der Waals surface area contributed by atoms with Gasteiger partial charge in [-0.3, -0.25) is 24.6 Å². The minimum atomic E-state index is -1.30. The zero-order chi connectivity index (χ0) is 28.5. The number of carbonyl (C=O) groups excluding carboxylic acids is 3. The summed E-state index contributed by atoms with van der Waals surface area (Å²) in [7, 11) is 0. The molecule has 4 rings (SSSR count). The van der Waals surface area contributed by atoms with Crippen LogP contribution in [0.4, 0.5) is 17.1 Å². The summed E-state index contributed by atoms with van der Waals surface area (Å²) in [5.41, 5.74) is 11.1. The van der Waals surface area contributed by atoms with E-state index in [4.69, 9.17) is 10.9 Å². The number of hydroxylamine groups is 1. The second-order valence-corrected chi connectivity index (χ2v) is 8.68. The minimum Gasteiger partial charge on any atom is -0.397 e. The van der Waals surface area contributed by atoms with Crippen LogP contribution < -0.4 is 21.8 Å². The molecular formula is C31H27N5O4. The van der Waals surface area contributed by atoms with Crippen molar-refractivity contribution in [1.82, 2.24) is 10.5 Å². The Bertz CT molecular complexity index is 1640. The molecule has 1 unspecified atom stereocenters. The van der Waals surface area contributed by atoms with Gasteiger partial charge in [0, 0.05) is 17.7 Å². The first-order valence-corrected chi connectivity index (χ1v) is 12.3. The molecule has 3 amide bonds. The zero-order valence-corrected chi connectivity index (χ0v) is 21.4. The van der Waals surface area contributed by atoms with E-state index in [1.54, 1.807) is 85.1 Å². The largest absolute Gasteiger partial charge is 0.397 e. The zero-order valence-electron chi connectivity index (χ0n) is 21.4. The number of amides is 3. The maximum atomic E-state index is 13.7. The van der Waals surface area contributed by atoms with E-state index in [0.29, 0.717) is 39.3 Å². The fourth-order valence-electron chi connectivity index (χ4n) is 4.10. The molecule has 3 aromatic carbocycles. The Morgan fingerprint density at radius 3 is 2.38 bits per heavy atom. The highest BCUT2D eigenvalue weighted by Gasteiger charge is 2.30. The van der Waals surface area contributed by atoms with E-state index in [2.05, 4.69) is 22.2 Å². The number of anilines is 3. The lowest BCUT2D eigenvalue weighted by Gasteiger charge is -2.19. The third-order valence-corrected chi connectivity index (χ3v) is 6.01. The molecule has 4 aromatic rings. The second kappa shape index (κ2) is 12.8. The van der Waals surface area contributed by atoms with E-state index >= 15 is 0 Å². The van der Waals surface area contributed by atoms with Crippen LogP contribution in [0, 0.1) is 0 Å². The summed E-state index contributed by atoms with van der Waals surface area (Å²) in [5, 5.41) is 15.2. The topological polar surface area (TPSA) is 146 Å². The van der Waals surface area contributed by atoms with Crippen LogP contribution in [0.3, 0.4) is 0 Å². The SMILES string of the molecule is C=C/C=C\c1cccc(NC(=O)C(C(=O)Nc2cccc3cccnc23)c2cccc(/C=C/C(=O)NO)c2)c1N. The second-order valence-electron chi connectivity index (χ2n) is 8.68. The van der Waals surface area contributed by atoms with E-state index in [1.807, 2.05) is 12.1 Å². The molecule has 0 radical (unpaired) electrons. The maximum absolute atomic E-state index is 13.7. The van der Waals surface area contributed by atoms with Crippen molar-refractivity contribution in [1.29, 1.82) is 0 Å². The van der Waals surface area contributed by atoms with Crippen LogP contribution in [0.15, 0.2) is 104 Å². The molecule has 200 valence electrons. The Balaban J connectivity index is 1.72. The minimum absolute atomic E-state index is 0.332. The monoisotopic (exact) mass is 533 g/mol. The summed E-state index contributed by atoms with van der Waals surface area (Å²) in [6.45, 7) is 3.65. The van der Waals surface area contributed by atoms with Crippen molar-refractivity contribution in [2.24, 2.45) is 0 Å². The van der Waals surface area contributed by atoms with Gasteiger partial charge in [0.15, 0.2) is 0 Å². The number of pyridine rings is 1. The number of benzene rings is 3. The number of hydrogen-bond donors (Lipinski definition) is 5. The number of rotatable bonds is 9. The van der Waals surface area contributed by atoms with E-state index in [9.17, 15) is 14.4 Å². The number of hydrogen-bond acceptors (Lipinski definition) is 6. The van der Waals surface area contributed by atoms with Gasteiger partial charge in [-0.1, -0.05) is 79.4 Å². The fourth-order valence-corrected chi connectivity index (χ4v) is 4.10. The lowest BCUT2D eigenvalue weighted by atomic mass is 9.94. The van der Waals surface area contributed by atoms with Crippen molar-refractivity contribution in [3.63, 3.8) is 0 Å². The van der Waals surface area contributed by atoms with Gasteiger partial charge in [-0.05, 0) is 41.0 Å².